The number of nitrogens with zero attached hydrogens (tertiary/aromatic N) is 1. The second-order valence-electron chi connectivity index (χ2n) is 4.30. The van der Waals surface area contributed by atoms with Crippen LogP contribution in [0.15, 0.2) is 32.9 Å². The highest BCUT2D eigenvalue weighted by molar-refractivity contribution is 9.10. The van der Waals surface area contributed by atoms with E-state index in [4.69, 9.17) is 4.74 Å². The van der Waals surface area contributed by atoms with Crippen molar-refractivity contribution in [2.24, 2.45) is 0 Å². The molecule has 1 fully saturated rings. The number of hydrogen-bond acceptors (Lipinski definition) is 5. The van der Waals surface area contributed by atoms with Gasteiger partial charge in [-0.2, -0.15) is 0 Å². The van der Waals surface area contributed by atoms with Crippen LogP contribution in [0.4, 0.5) is 0 Å². The maximum absolute atomic E-state index is 11.8. The van der Waals surface area contributed by atoms with Crippen LogP contribution in [0.5, 0.6) is 0 Å². The lowest BCUT2D eigenvalue weighted by Crippen LogP contribution is -2.38. The predicted molar refractivity (Wildman–Crippen MR) is 77.9 cm³/mol. The van der Waals surface area contributed by atoms with Gasteiger partial charge in [0.2, 0.25) is 0 Å². The fourth-order valence-electron chi connectivity index (χ4n) is 1.96. The van der Waals surface area contributed by atoms with Crippen molar-refractivity contribution in [1.29, 1.82) is 0 Å². The SMILES string of the molecule is C=CC(Br)[C@H]1O[C@@H](n2cc(Br)c(=O)[nH]c2=O)[C@H](O)[C@@H]1O. The summed E-state index contributed by atoms with van der Waals surface area (Å²) < 4.78 is 6.63. The van der Waals surface area contributed by atoms with Crippen molar-refractivity contribution in [2.45, 2.75) is 29.4 Å². The van der Waals surface area contributed by atoms with Crippen LogP contribution in [0.3, 0.4) is 0 Å². The number of aromatic nitrogens is 2. The van der Waals surface area contributed by atoms with Crippen molar-refractivity contribution in [3.8, 4) is 0 Å². The van der Waals surface area contributed by atoms with E-state index in [2.05, 4.69) is 43.4 Å². The number of H-pyrrole nitrogens is 1. The lowest BCUT2D eigenvalue weighted by Gasteiger charge is -2.18. The first-order chi connectivity index (χ1) is 9.36. The third kappa shape index (κ3) is 2.68. The molecule has 1 aromatic heterocycles. The maximum Gasteiger partial charge on any atom is 0.330 e. The molecule has 0 aliphatic carbocycles. The number of ether oxygens (including phenoxy) is 1. The monoisotopic (exact) mass is 410 g/mol. The number of alkyl halides is 1. The van der Waals surface area contributed by atoms with E-state index in [1.54, 1.807) is 0 Å². The molecule has 0 spiro atoms. The predicted octanol–water partition coefficient (Wildman–Crippen LogP) is -0.132. The van der Waals surface area contributed by atoms with Gasteiger partial charge in [0.05, 0.1) is 9.30 Å². The van der Waals surface area contributed by atoms with Crippen LogP contribution in [0, 0.1) is 0 Å². The highest BCUT2D eigenvalue weighted by atomic mass is 79.9. The summed E-state index contributed by atoms with van der Waals surface area (Å²) in [5, 5.41) is 20.0. The van der Waals surface area contributed by atoms with Crippen LogP contribution < -0.4 is 11.2 Å². The van der Waals surface area contributed by atoms with Crippen LogP contribution in [-0.4, -0.2) is 42.9 Å². The van der Waals surface area contributed by atoms with Gasteiger partial charge in [0.25, 0.3) is 5.56 Å². The van der Waals surface area contributed by atoms with Crippen LogP contribution in [-0.2, 0) is 4.74 Å². The molecule has 0 saturated carbocycles. The molecule has 5 atom stereocenters. The molecule has 1 aliphatic heterocycles. The third-order valence-corrected chi connectivity index (χ3v) is 4.47. The second-order valence-corrected chi connectivity index (χ2v) is 6.21. The topological polar surface area (TPSA) is 105 Å². The number of aromatic amines is 1. The van der Waals surface area contributed by atoms with Crippen molar-refractivity contribution < 1.29 is 14.9 Å². The number of hydrogen-bond donors (Lipinski definition) is 3. The average Bonchev–Trinajstić information content (AvgIpc) is 2.70. The summed E-state index contributed by atoms with van der Waals surface area (Å²) in [5.41, 5.74) is -1.32. The molecule has 1 aromatic rings. The summed E-state index contributed by atoms with van der Waals surface area (Å²) in [4.78, 5) is 24.7. The summed E-state index contributed by atoms with van der Waals surface area (Å²) in [5.74, 6) is 0. The lowest BCUT2D eigenvalue weighted by molar-refractivity contribution is -0.0372. The van der Waals surface area contributed by atoms with E-state index >= 15 is 0 Å². The van der Waals surface area contributed by atoms with Crippen LogP contribution >= 0.6 is 31.9 Å². The molecule has 1 saturated heterocycles. The summed E-state index contributed by atoms with van der Waals surface area (Å²) in [6.07, 6.45) is -1.65. The van der Waals surface area contributed by atoms with Gasteiger partial charge in [0, 0.05) is 6.20 Å². The summed E-state index contributed by atoms with van der Waals surface area (Å²) in [6, 6.07) is 0. The smallest absolute Gasteiger partial charge is 0.330 e. The Labute approximate surface area is 130 Å². The molecule has 2 heterocycles. The minimum atomic E-state index is -1.31. The maximum atomic E-state index is 11.8. The van der Waals surface area contributed by atoms with Crippen molar-refractivity contribution in [2.75, 3.05) is 0 Å². The van der Waals surface area contributed by atoms with Crippen molar-refractivity contribution >= 4 is 31.9 Å². The molecule has 3 N–H and O–H groups in total. The highest BCUT2D eigenvalue weighted by Crippen LogP contribution is 2.32. The Morgan fingerprint density at radius 1 is 1.45 bits per heavy atom. The zero-order valence-electron chi connectivity index (χ0n) is 10.1. The van der Waals surface area contributed by atoms with E-state index in [1.807, 2.05) is 0 Å². The van der Waals surface area contributed by atoms with E-state index < -0.39 is 35.8 Å². The molecule has 0 radical (unpaired) electrons. The Kier molecular flexibility index (Phi) is 4.65. The van der Waals surface area contributed by atoms with Crippen LogP contribution in [0.1, 0.15) is 6.23 Å². The van der Waals surface area contributed by atoms with Gasteiger partial charge in [-0.15, -0.1) is 6.58 Å². The van der Waals surface area contributed by atoms with E-state index in [0.29, 0.717) is 0 Å². The zero-order valence-corrected chi connectivity index (χ0v) is 13.2. The molecule has 2 rings (SSSR count). The Balaban J connectivity index is 2.39. The number of halogens is 2. The molecule has 110 valence electrons. The highest BCUT2D eigenvalue weighted by Gasteiger charge is 2.46. The van der Waals surface area contributed by atoms with E-state index in [-0.39, 0.29) is 9.30 Å². The van der Waals surface area contributed by atoms with Gasteiger partial charge in [0.15, 0.2) is 6.23 Å². The van der Waals surface area contributed by atoms with Gasteiger partial charge in [-0.1, -0.05) is 22.0 Å². The van der Waals surface area contributed by atoms with Gasteiger partial charge in [-0.25, -0.2) is 4.79 Å². The molecular formula is C11H12Br2N2O5. The minimum absolute atomic E-state index is 0.116. The van der Waals surface area contributed by atoms with Gasteiger partial charge >= 0.3 is 5.69 Å². The molecule has 0 bridgehead atoms. The van der Waals surface area contributed by atoms with Crippen molar-refractivity contribution in [3.05, 3.63) is 44.2 Å². The Bertz CT molecular complexity index is 628. The molecule has 9 heteroatoms. The summed E-state index contributed by atoms with van der Waals surface area (Å²) >= 11 is 6.24. The van der Waals surface area contributed by atoms with Gasteiger partial charge in [-0.3, -0.25) is 14.3 Å². The first-order valence-electron chi connectivity index (χ1n) is 5.66. The second kappa shape index (κ2) is 5.94. The van der Waals surface area contributed by atoms with Crippen molar-refractivity contribution in [3.63, 3.8) is 0 Å². The molecule has 0 aromatic carbocycles. The first kappa shape index (κ1) is 15.6. The molecular weight excluding hydrogens is 400 g/mol. The number of rotatable bonds is 3. The first-order valence-corrected chi connectivity index (χ1v) is 7.37. The summed E-state index contributed by atoms with van der Waals surface area (Å²) in [7, 11) is 0. The molecule has 1 aliphatic rings. The summed E-state index contributed by atoms with van der Waals surface area (Å²) in [6.45, 7) is 3.56. The molecule has 7 nitrogen and oxygen atoms in total. The average molecular weight is 412 g/mol. The van der Waals surface area contributed by atoms with E-state index in [9.17, 15) is 19.8 Å². The fourth-order valence-corrected chi connectivity index (χ4v) is 2.72. The van der Waals surface area contributed by atoms with Crippen LogP contribution in [0.25, 0.3) is 0 Å². The van der Waals surface area contributed by atoms with Gasteiger partial charge in [0.1, 0.15) is 18.3 Å². The zero-order chi connectivity index (χ0) is 15.0. The Morgan fingerprint density at radius 3 is 2.70 bits per heavy atom. The van der Waals surface area contributed by atoms with E-state index in [0.717, 1.165) is 4.57 Å². The normalized spacial score (nSPS) is 31.2. The molecule has 0 amide bonds. The van der Waals surface area contributed by atoms with E-state index in [1.165, 1.54) is 12.3 Å². The number of aliphatic hydroxyl groups excluding tert-OH is 2. The molecule has 1 unspecified atom stereocenters. The third-order valence-electron chi connectivity index (χ3n) is 3.01. The van der Waals surface area contributed by atoms with Crippen LogP contribution in [0.2, 0.25) is 0 Å². The Morgan fingerprint density at radius 2 is 2.10 bits per heavy atom. The van der Waals surface area contributed by atoms with Gasteiger partial charge < -0.3 is 14.9 Å². The lowest BCUT2D eigenvalue weighted by atomic mass is 10.1. The van der Waals surface area contributed by atoms with Gasteiger partial charge in [-0.05, 0) is 15.9 Å². The fraction of sp³-hybridized carbons (Fsp3) is 0.455. The minimum Gasteiger partial charge on any atom is -0.387 e. The number of nitrogens with one attached hydrogen (secondary N) is 1. The molecule has 20 heavy (non-hydrogen) atoms. The quantitative estimate of drug-likeness (QED) is 0.474. The Hall–Kier alpha value is -0.740. The van der Waals surface area contributed by atoms with Crippen molar-refractivity contribution in [1.82, 2.24) is 9.55 Å². The standard InChI is InChI=1S/C11H12Br2N2O5/c1-2-4(12)8-6(16)7(17)10(20-8)15-3-5(13)9(18)14-11(15)19/h2-4,6-8,10,16-17H,1H2,(H,14,18,19)/t4?,6-,7+,8+,10+/m0/s1. The largest absolute Gasteiger partial charge is 0.387 e. The number of aliphatic hydroxyl groups is 2.